The molecule has 0 saturated heterocycles. The predicted octanol–water partition coefficient (Wildman–Crippen LogP) is 0.647. The molecule has 104 valence electrons. The number of hydrogen-bond donors (Lipinski definition) is 4. The smallest absolute Gasteiger partial charge is 0.326 e. The number of urea groups is 1. The summed E-state index contributed by atoms with van der Waals surface area (Å²) in [6.45, 7) is 0. The molecule has 2 rings (SSSR count). The number of amides is 2. The topological polar surface area (TPSA) is 107 Å². The number of nitrogens with one attached hydrogen (secondary N) is 3. The average Bonchev–Trinajstić information content (AvgIpc) is 3.00. The first-order valence-electron chi connectivity index (χ1n) is 6.42. The molecular weight excluding hydrogens is 248 g/mol. The van der Waals surface area contributed by atoms with Crippen molar-refractivity contribution in [2.24, 2.45) is 0 Å². The van der Waals surface area contributed by atoms with Crippen LogP contribution in [-0.4, -0.2) is 39.2 Å². The van der Waals surface area contributed by atoms with Crippen LogP contribution in [0.5, 0.6) is 0 Å². The van der Waals surface area contributed by atoms with Gasteiger partial charge < -0.3 is 20.7 Å². The molecule has 1 aromatic rings. The number of carboxylic acids is 1. The van der Waals surface area contributed by atoms with Crippen LogP contribution in [0.15, 0.2) is 12.5 Å². The highest BCUT2D eigenvalue weighted by Crippen LogP contribution is 2.17. The second-order valence-corrected chi connectivity index (χ2v) is 4.77. The number of nitrogens with zero attached hydrogens (tertiary/aromatic N) is 1. The van der Waals surface area contributed by atoms with E-state index < -0.39 is 18.0 Å². The third kappa shape index (κ3) is 3.97. The van der Waals surface area contributed by atoms with E-state index in [1.165, 1.54) is 6.33 Å². The van der Waals surface area contributed by atoms with Crippen molar-refractivity contribution in [3.63, 3.8) is 0 Å². The molecule has 1 fully saturated rings. The summed E-state index contributed by atoms with van der Waals surface area (Å²) >= 11 is 0. The van der Waals surface area contributed by atoms with Crippen molar-refractivity contribution in [1.82, 2.24) is 20.6 Å². The molecular formula is C12H18N4O3. The summed E-state index contributed by atoms with van der Waals surface area (Å²) in [6, 6.07) is -1.21. The maximum absolute atomic E-state index is 11.7. The zero-order valence-electron chi connectivity index (χ0n) is 10.6. The quantitative estimate of drug-likeness (QED) is 0.627. The first-order valence-corrected chi connectivity index (χ1v) is 6.42. The number of aliphatic carboxylic acids is 1. The van der Waals surface area contributed by atoms with Crippen LogP contribution >= 0.6 is 0 Å². The monoisotopic (exact) mass is 266 g/mol. The lowest BCUT2D eigenvalue weighted by molar-refractivity contribution is -0.139. The van der Waals surface area contributed by atoms with E-state index in [0.29, 0.717) is 5.69 Å². The van der Waals surface area contributed by atoms with E-state index in [4.69, 9.17) is 5.11 Å². The van der Waals surface area contributed by atoms with Crippen LogP contribution in [0.2, 0.25) is 0 Å². The molecule has 1 heterocycles. The average molecular weight is 266 g/mol. The Bertz CT molecular complexity index is 426. The number of H-pyrrole nitrogens is 1. The summed E-state index contributed by atoms with van der Waals surface area (Å²) in [5, 5.41) is 14.4. The Balaban J connectivity index is 1.85. The number of carboxylic acid groups (broad SMARTS) is 1. The lowest BCUT2D eigenvalue weighted by atomic mass is 10.1. The van der Waals surface area contributed by atoms with Crippen LogP contribution in [0.3, 0.4) is 0 Å². The molecule has 1 atom stereocenters. The number of carbonyl (C=O) groups is 2. The van der Waals surface area contributed by atoms with Crippen LogP contribution in [0, 0.1) is 0 Å². The summed E-state index contributed by atoms with van der Waals surface area (Å²) in [7, 11) is 0. The second kappa shape index (κ2) is 6.21. The largest absolute Gasteiger partial charge is 0.480 e. The maximum Gasteiger partial charge on any atom is 0.326 e. The fourth-order valence-electron chi connectivity index (χ4n) is 2.27. The molecule has 7 nitrogen and oxygen atoms in total. The molecule has 0 aromatic carbocycles. The van der Waals surface area contributed by atoms with Gasteiger partial charge in [0.15, 0.2) is 0 Å². The van der Waals surface area contributed by atoms with E-state index in [0.717, 1.165) is 25.7 Å². The zero-order chi connectivity index (χ0) is 13.7. The van der Waals surface area contributed by atoms with E-state index in [1.54, 1.807) is 6.20 Å². The summed E-state index contributed by atoms with van der Waals surface area (Å²) < 4.78 is 0. The lowest BCUT2D eigenvalue weighted by Gasteiger charge is -2.17. The summed E-state index contributed by atoms with van der Waals surface area (Å²) in [5.41, 5.74) is 0.675. The van der Waals surface area contributed by atoms with Crippen molar-refractivity contribution in [3.05, 3.63) is 18.2 Å². The van der Waals surface area contributed by atoms with E-state index >= 15 is 0 Å². The Kier molecular flexibility index (Phi) is 4.38. The Hall–Kier alpha value is -2.05. The Labute approximate surface area is 110 Å². The Morgan fingerprint density at radius 1 is 1.47 bits per heavy atom. The van der Waals surface area contributed by atoms with E-state index in [1.807, 2.05) is 0 Å². The first kappa shape index (κ1) is 13.4. The van der Waals surface area contributed by atoms with Gasteiger partial charge in [-0.2, -0.15) is 0 Å². The van der Waals surface area contributed by atoms with Crippen molar-refractivity contribution in [2.45, 2.75) is 44.2 Å². The molecule has 0 bridgehead atoms. The van der Waals surface area contributed by atoms with Gasteiger partial charge >= 0.3 is 12.0 Å². The molecule has 0 spiro atoms. The van der Waals surface area contributed by atoms with Crippen LogP contribution in [0.4, 0.5) is 4.79 Å². The number of imidazole rings is 1. The summed E-state index contributed by atoms with van der Waals surface area (Å²) in [5.74, 6) is -1.06. The molecule has 2 amide bonds. The van der Waals surface area contributed by atoms with Gasteiger partial charge in [-0.1, -0.05) is 12.8 Å². The predicted molar refractivity (Wildman–Crippen MR) is 67.6 cm³/mol. The molecule has 1 aromatic heterocycles. The molecule has 0 aliphatic heterocycles. The molecule has 19 heavy (non-hydrogen) atoms. The van der Waals surface area contributed by atoms with Crippen molar-refractivity contribution < 1.29 is 14.7 Å². The fraction of sp³-hybridized carbons (Fsp3) is 0.583. The third-order valence-electron chi connectivity index (χ3n) is 3.27. The molecule has 1 aliphatic rings. The lowest BCUT2D eigenvalue weighted by Crippen LogP contribution is -2.49. The third-order valence-corrected chi connectivity index (χ3v) is 3.27. The summed E-state index contributed by atoms with van der Waals surface area (Å²) in [4.78, 5) is 29.5. The second-order valence-electron chi connectivity index (χ2n) is 4.77. The van der Waals surface area contributed by atoms with Crippen molar-refractivity contribution in [3.8, 4) is 0 Å². The molecule has 4 N–H and O–H groups in total. The normalized spacial score (nSPS) is 17.1. The minimum absolute atomic E-state index is 0.168. The fourth-order valence-corrected chi connectivity index (χ4v) is 2.27. The van der Waals surface area contributed by atoms with Gasteiger partial charge in [-0.25, -0.2) is 14.6 Å². The van der Waals surface area contributed by atoms with Gasteiger partial charge in [0, 0.05) is 24.4 Å². The van der Waals surface area contributed by atoms with Crippen LogP contribution in [-0.2, 0) is 11.2 Å². The standard InChI is InChI=1S/C12H18N4O3/c17-11(18)10(5-9-6-13-7-14-9)16-12(19)15-8-3-1-2-4-8/h6-8,10H,1-5H2,(H,13,14)(H,17,18)(H2,15,16,19). The van der Waals surface area contributed by atoms with Crippen molar-refractivity contribution >= 4 is 12.0 Å². The number of aromatic nitrogens is 2. The van der Waals surface area contributed by atoms with Gasteiger partial charge in [0.2, 0.25) is 0 Å². The van der Waals surface area contributed by atoms with Crippen molar-refractivity contribution in [1.29, 1.82) is 0 Å². The van der Waals surface area contributed by atoms with Gasteiger partial charge in [-0.05, 0) is 12.8 Å². The van der Waals surface area contributed by atoms with E-state index in [-0.39, 0.29) is 12.5 Å². The molecule has 0 radical (unpaired) electrons. The van der Waals surface area contributed by atoms with Gasteiger partial charge in [0.05, 0.1) is 6.33 Å². The number of rotatable bonds is 5. The first-order chi connectivity index (χ1) is 9.15. The highest BCUT2D eigenvalue weighted by Gasteiger charge is 2.23. The minimum Gasteiger partial charge on any atom is -0.480 e. The Morgan fingerprint density at radius 3 is 2.79 bits per heavy atom. The SMILES string of the molecule is O=C(NC1CCCC1)NC(Cc1cnc[nH]1)C(=O)O. The van der Waals surface area contributed by atoms with E-state index in [9.17, 15) is 9.59 Å². The molecule has 1 aliphatic carbocycles. The van der Waals surface area contributed by atoms with Crippen LogP contribution in [0.1, 0.15) is 31.4 Å². The number of carbonyl (C=O) groups excluding carboxylic acids is 1. The van der Waals surface area contributed by atoms with Gasteiger partial charge in [0.25, 0.3) is 0 Å². The van der Waals surface area contributed by atoms with Gasteiger partial charge in [0.1, 0.15) is 6.04 Å². The maximum atomic E-state index is 11.7. The number of hydrogen-bond acceptors (Lipinski definition) is 3. The Morgan fingerprint density at radius 2 is 2.21 bits per heavy atom. The van der Waals surface area contributed by atoms with Crippen LogP contribution in [0.25, 0.3) is 0 Å². The van der Waals surface area contributed by atoms with Gasteiger partial charge in [-0.3, -0.25) is 0 Å². The highest BCUT2D eigenvalue weighted by molar-refractivity contribution is 5.82. The molecule has 7 heteroatoms. The minimum atomic E-state index is -1.06. The molecule has 1 unspecified atom stereocenters. The van der Waals surface area contributed by atoms with Crippen LogP contribution < -0.4 is 10.6 Å². The van der Waals surface area contributed by atoms with Gasteiger partial charge in [-0.15, -0.1) is 0 Å². The number of aromatic amines is 1. The molecule has 1 saturated carbocycles. The van der Waals surface area contributed by atoms with E-state index in [2.05, 4.69) is 20.6 Å². The highest BCUT2D eigenvalue weighted by atomic mass is 16.4. The summed E-state index contributed by atoms with van der Waals surface area (Å²) in [6.07, 6.45) is 7.37. The zero-order valence-corrected chi connectivity index (χ0v) is 10.6. The van der Waals surface area contributed by atoms with Crippen molar-refractivity contribution in [2.75, 3.05) is 0 Å².